The summed E-state index contributed by atoms with van der Waals surface area (Å²) in [5.74, 6) is -0.0863. The van der Waals surface area contributed by atoms with Crippen LogP contribution in [0.3, 0.4) is 0 Å². The summed E-state index contributed by atoms with van der Waals surface area (Å²) in [5, 5.41) is 0.689. The Morgan fingerprint density at radius 3 is 2.30 bits per heavy atom. The van der Waals surface area contributed by atoms with Crippen LogP contribution in [-0.4, -0.2) is 55.6 Å². The maximum atomic E-state index is 13.4. The second-order valence-electron chi connectivity index (χ2n) is 8.07. The number of benzene rings is 2. The van der Waals surface area contributed by atoms with E-state index in [-0.39, 0.29) is 17.2 Å². The maximum Gasteiger partial charge on any atom is 0.233 e. The number of rotatable bonds is 10. The van der Waals surface area contributed by atoms with E-state index in [1.807, 2.05) is 12.1 Å². The summed E-state index contributed by atoms with van der Waals surface area (Å²) in [6, 6.07) is 12.2. The highest BCUT2D eigenvalue weighted by molar-refractivity contribution is 7.92. The molecule has 0 N–H and O–H groups in total. The molecule has 0 aliphatic carbocycles. The van der Waals surface area contributed by atoms with Crippen LogP contribution in [-0.2, 0) is 21.1 Å². The number of anilines is 1. The first-order valence-corrected chi connectivity index (χ1v) is 13.8. The first-order valence-electron chi connectivity index (χ1n) is 11.1. The predicted molar refractivity (Wildman–Crippen MR) is 137 cm³/mol. The molecule has 0 radical (unpaired) electrons. The minimum atomic E-state index is -3.35. The van der Waals surface area contributed by atoms with Crippen molar-refractivity contribution in [2.75, 3.05) is 31.1 Å². The first kappa shape index (κ1) is 25.6. The largest absolute Gasteiger partial charge is 0.302 e. The van der Waals surface area contributed by atoms with Crippen LogP contribution in [0.4, 0.5) is 5.13 Å². The van der Waals surface area contributed by atoms with Gasteiger partial charge in [0.25, 0.3) is 0 Å². The van der Waals surface area contributed by atoms with Crippen LogP contribution in [0, 0.1) is 0 Å². The van der Waals surface area contributed by atoms with Gasteiger partial charge < -0.3 is 4.90 Å². The molecule has 1 heterocycles. The Kier molecular flexibility index (Phi) is 8.50. The monoisotopic (exact) mass is 507 g/mol. The summed E-state index contributed by atoms with van der Waals surface area (Å²) in [4.78, 5) is 22.3. The molecule has 0 saturated heterocycles. The average molecular weight is 508 g/mol. The molecule has 3 rings (SSSR count). The summed E-state index contributed by atoms with van der Waals surface area (Å²) in [5.41, 5.74) is 1.46. The molecule has 3 aromatic rings. The molecular weight excluding hydrogens is 478 g/mol. The number of halogens is 1. The molecule has 9 heteroatoms. The highest BCUT2D eigenvalue weighted by Gasteiger charge is 2.23. The SMILES string of the molecule is CCN(CC)CCN(C(=O)Cc1ccc(S(=O)(=O)C(C)C)cc1)c1nc2c(Cl)cccc2s1. The zero-order valence-electron chi connectivity index (χ0n) is 19.4. The summed E-state index contributed by atoms with van der Waals surface area (Å²) in [6.07, 6.45) is 0.157. The van der Waals surface area contributed by atoms with Crippen LogP contribution < -0.4 is 4.90 Å². The molecule has 0 unspecified atom stereocenters. The van der Waals surface area contributed by atoms with Crippen molar-refractivity contribution in [1.82, 2.24) is 9.88 Å². The van der Waals surface area contributed by atoms with E-state index in [1.54, 1.807) is 49.1 Å². The third-order valence-electron chi connectivity index (χ3n) is 5.65. The normalized spacial score (nSPS) is 12.1. The maximum absolute atomic E-state index is 13.4. The van der Waals surface area contributed by atoms with Crippen molar-refractivity contribution >= 4 is 54.0 Å². The molecule has 178 valence electrons. The number of thiazole rings is 1. The zero-order chi connectivity index (χ0) is 24.2. The van der Waals surface area contributed by atoms with Crippen molar-refractivity contribution in [2.45, 2.75) is 44.3 Å². The van der Waals surface area contributed by atoms with E-state index in [0.717, 1.165) is 29.9 Å². The predicted octanol–water partition coefficient (Wildman–Crippen LogP) is 5.05. The number of sulfone groups is 1. The van der Waals surface area contributed by atoms with Crippen molar-refractivity contribution < 1.29 is 13.2 Å². The quantitative estimate of drug-likeness (QED) is 0.384. The first-order chi connectivity index (χ1) is 15.7. The Hall–Kier alpha value is -2.00. The van der Waals surface area contributed by atoms with Gasteiger partial charge in [-0.05, 0) is 56.8 Å². The summed E-state index contributed by atoms with van der Waals surface area (Å²) in [6.45, 7) is 10.5. The van der Waals surface area contributed by atoms with Crippen LogP contribution in [0.25, 0.3) is 10.2 Å². The third kappa shape index (κ3) is 5.93. The van der Waals surface area contributed by atoms with Gasteiger partial charge in [-0.25, -0.2) is 13.4 Å². The van der Waals surface area contributed by atoms with Crippen LogP contribution in [0.5, 0.6) is 0 Å². The molecule has 0 spiro atoms. The molecule has 0 fully saturated rings. The van der Waals surface area contributed by atoms with Gasteiger partial charge in [-0.1, -0.05) is 55.0 Å². The lowest BCUT2D eigenvalue weighted by Gasteiger charge is -2.24. The summed E-state index contributed by atoms with van der Waals surface area (Å²) < 4.78 is 25.7. The molecule has 0 aliphatic rings. The van der Waals surface area contributed by atoms with Crippen molar-refractivity contribution in [3.63, 3.8) is 0 Å². The lowest BCUT2D eigenvalue weighted by molar-refractivity contribution is -0.118. The van der Waals surface area contributed by atoms with Gasteiger partial charge in [0.15, 0.2) is 15.0 Å². The molecular formula is C24H30ClN3O3S2. The highest BCUT2D eigenvalue weighted by Crippen LogP contribution is 2.33. The Morgan fingerprint density at radius 1 is 1.06 bits per heavy atom. The van der Waals surface area contributed by atoms with Gasteiger partial charge in [0.1, 0.15) is 5.52 Å². The fourth-order valence-corrected chi connectivity index (χ4v) is 5.83. The molecule has 0 atom stereocenters. The van der Waals surface area contributed by atoms with E-state index in [2.05, 4.69) is 23.7 Å². The van der Waals surface area contributed by atoms with Crippen molar-refractivity contribution in [2.24, 2.45) is 0 Å². The highest BCUT2D eigenvalue weighted by atomic mass is 35.5. The molecule has 0 aliphatic heterocycles. The number of amides is 1. The summed E-state index contributed by atoms with van der Waals surface area (Å²) in [7, 11) is -3.35. The fraction of sp³-hybridized carbons (Fsp3) is 0.417. The molecule has 1 amide bonds. The van der Waals surface area contributed by atoms with Crippen molar-refractivity contribution in [1.29, 1.82) is 0 Å². The summed E-state index contributed by atoms with van der Waals surface area (Å²) >= 11 is 7.76. The number of aromatic nitrogens is 1. The second kappa shape index (κ2) is 11.0. The van der Waals surface area contributed by atoms with Crippen LogP contribution in [0.2, 0.25) is 5.02 Å². The average Bonchev–Trinajstić information content (AvgIpc) is 3.22. The topological polar surface area (TPSA) is 70.6 Å². The number of carbonyl (C=O) groups is 1. The number of hydrogen-bond acceptors (Lipinski definition) is 6. The van der Waals surface area contributed by atoms with Crippen LogP contribution >= 0.6 is 22.9 Å². The number of hydrogen-bond donors (Lipinski definition) is 0. The molecule has 6 nitrogen and oxygen atoms in total. The third-order valence-corrected chi connectivity index (χ3v) is 9.17. The minimum Gasteiger partial charge on any atom is -0.302 e. The standard InChI is InChI=1S/C24H30ClN3O3S2/c1-5-27(6-2)14-15-28(24-26-23-20(25)8-7-9-21(23)32-24)22(29)16-18-10-12-19(13-11-18)33(30,31)17(3)4/h7-13,17H,5-6,14-16H2,1-4H3. The van der Waals surface area contributed by atoms with Crippen LogP contribution in [0.15, 0.2) is 47.4 Å². The van der Waals surface area contributed by atoms with E-state index in [9.17, 15) is 13.2 Å². The molecule has 0 saturated carbocycles. The van der Waals surface area contributed by atoms with E-state index in [4.69, 9.17) is 11.6 Å². The van der Waals surface area contributed by atoms with Gasteiger partial charge >= 0.3 is 0 Å². The van der Waals surface area contributed by atoms with Crippen LogP contribution in [0.1, 0.15) is 33.3 Å². The lowest BCUT2D eigenvalue weighted by atomic mass is 10.1. The number of carbonyl (C=O) groups excluding carboxylic acids is 1. The van der Waals surface area contributed by atoms with E-state index >= 15 is 0 Å². The van der Waals surface area contributed by atoms with Gasteiger partial charge in [0.2, 0.25) is 5.91 Å². The molecule has 2 aromatic carbocycles. The Morgan fingerprint density at radius 2 is 1.73 bits per heavy atom. The number of likely N-dealkylation sites (N-methyl/N-ethyl adjacent to an activating group) is 1. The van der Waals surface area contributed by atoms with Crippen molar-refractivity contribution in [3.8, 4) is 0 Å². The van der Waals surface area contributed by atoms with Gasteiger partial charge in [0.05, 0.1) is 26.3 Å². The molecule has 0 bridgehead atoms. The molecule has 33 heavy (non-hydrogen) atoms. The molecule has 1 aromatic heterocycles. The van der Waals surface area contributed by atoms with Gasteiger partial charge in [-0.3, -0.25) is 9.69 Å². The minimum absolute atomic E-state index is 0.0863. The number of fused-ring (bicyclic) bond motifs is 1. The number of nitrogens with zero attached hydrogens (tertiary/aromatic N) is 3. The lowest BCUT2D eigenvalue weighted by Crippen LogP contribution is -2.39. The van der Waals surface area contributed by atoms with Crippen molar-refractivity contribution in [3.05, 3.63) is 53.1 Å². The Bertz CT molecular complexity index is 1200. The Balaban J connectivity index is 1.86. The number of para-hydroxylation sites is 1. The van der Waals surface area contributed by atoms with Gasteiger partial charge in [-0.15, -0.1) is 0 Å². The Labute approximate surface area is 205 Å². The van der Waals surface area contributed by atoms with Gasteiger partial charge in [-0.2, -0.15) is 0 Å². The second-order valence-corrected chi connectivity index (χ2v) is 12.0. The zero-order valence-corrected chi connectivity index (χ0v) is 21.8. The van der Waals surface area contributed by atoms with E-state index in [1.165, 1.54) is 11.3 Å². The fourth-order valence-electron chi connectivity index (χ4n) is 3.47. The van der Waals surface area contributed by atoms with E-state index < -0.39 is 15.1 Å². The van der Waals surface area contributed by atoms with E-state index in [0.29, 0.717) is 22.2 Å². The van der Waals surface area contributed by atoms with Gasteiger partial charge in [0, 0.05) is 13.1 Å². The smallest absolute Gasteiger partial charge is 0.233 e.